The Bertz CT molecular complexity index is 299. The molecule has 2 rings (SSSR count). The quantitative estimate of drug-likeness (QED) is 0.678. The van der Waals surface area contributed by atoms with Crippen LogP contribution in [0.5, 0.6) is 0 Å². The van der Waals surface area contributed by atoms with Crippen LogP contribution in [0.1, 0.15) is 12.8 Å². The standard InChI is InChI=1S/C11H20N4O2.ClH/c12-10(16)8-14-4-6-15(7-5-14)11(17)9-2-1-3-13-9;/h9,13H,1-8H2,(H2,12,16);1H. The van der Waals surface area contributed by atoms with Crippen LogP contribution in [0.3, 0.4) is 0 Å². The van der Waals surface area contributed by atoms with Gasteiger partial charge in [0.1, 0.15) is 0 Å². The number of nitrogens with zero attached hydrogens (tertiary/aromatic N) is 2. The first kappa shape index (κ1) is 15.2. The van der Waals surface area contributed by atoms with Crippen molar-refractivity contribution in [2.75, 3.05) is 39.3 Å². The summed E-state index contributed by atoms with van der Waals surface area (Å²) < 4.78 is 0. The van der Waals surface area contributed by atoms with Crippen molar-refractivity contribution >= 4 is 24.2 Å². The molecule has 1 unspecified atom stereocenters. The van der Waals surface area contributed by atoms with Crippen molar-refractivity contribution in [3.05, 3.63) is 0 Å². The first-order chi connectivity index (χ1) is 8.16. The molecule has 2 aliphatic rings. The monoisotopic (exact) mass is 276 g/mol. The topological polar surface area (TPSA) is 78.7 Å². The van der Waals surface area contributed by atoms with Gasteiger partial charge in [-0.05, 0) is 19.4 Å². The van der Waals surface area contributed by atoms with Gasteiger partial charge in [0.2, 0.25) is 11.8 Å². The lowest BCUT2D eigenvalue weighted by molar-refractivity contribution is -0.135. The van der Waals surface area contributed by atoms with Crippen LogP contribution in [0.25, 0.3) is 0 Å². The predicted molar refractivity (Wildman–Crippen MR) is 70.5 cm³/mol. The summed E-state index contributed by atoms with van der Waals surface area (Å²) in [6.07, 6.45) is 2.03. The third-order valence-electron chi connectivity index (χ3n) is 3.42. The third kappa shape index (κ3) is 3.83. The summed E-state index contributed by atoms with van der Waals surface area (Å²) in [5.74, 6) is -0.0940. The number of piperazine rings is 1. The molecule has 18 heavy (non-hydrogen) atoms. The van der Waals surface area contributed by atoms with Gasteiger partial charge in [-0.3, -0.25) is 14.5 Å². The van der Waals surface area contributed by atoms with Gasteiger partial charge in [0, 0.05) is 26.2 Å². The highest BCUT2D eigenvalue weighted by Crippen LogP contribution is 2.10. The second-order valence-corrected chi connectivity index (χ2v) is 4.72. The molecule has 0 bridgehead atoms. The van der Waals surface area contributed by atoms with E-state index in [1.54, 1.807) is 0 Å². The number of hydrogen-bond donors (Lipinski definition) is 2. The van der Waals surface area contributed by atoms with Gasteiger partial charge >= 0.3 is 0 Å². The number of amides is 2. The molecule has 2 aliphatic heterocycles. The van der Waals surface area contributed by atoms with Gasteiger partial charge < -0.3 is 16.0 Å². The molecule has 2 amide bonds. The van der Waals surface area contributed by atoms with Crippen molar-refractivity contribution in [2.24, 2.45) is 5.73 Å². The highest BCUT2D eigenvalue weighted by molar-refractivity contribution is 5.85. The summed E-state index contributed by atoms with van der Waals surface area (Å²) in [5.41, 5.74) is 5.15. The van der Waals surface area contributed by atoms with Gasteiger partial charge in [-0.1, -0.05) is 0 Å². The maximum Gasteiger partial charge on any atom is 0.239 e. The first-order valence-electron chi connectivity index (χ1n) is 6.19. The number of nitrogens with one attached hydrogen (secondary N) is 1. The van der Waals surface area contributed by atoms with Crippen LogP contribution < -0.4 is 11.1 Å². The highest BCUT2D eigenvalue weighted by Gasteiger charge is 2.29. The Hall–Kier alpha value is -0.850. The number of nitrogens with two attached hydrogens (primary N) is 1. The lowest BCUT2D eigenvalue weighted by Gasteiger charge is -2.35. The fraction of sp³-hybridized carbons (Fsp3) is 0.818. The van der Waals surface area contributed by atoms with Crippen molar-refractivity contribution in [2.45, 2.75) is 18.9 Å². The average molecular weight is 277 g/mol. The molecular formula is C11H21ClN4O2. The van der Waals surface area contributed by atoms with Gasteiger partial charge in [0.15, 0.2) is 0 Å². The van der Waals surface area contributed by atoms with Crippen molar-refractivity contribution in [1.82, 2.24) is 15.1 Å². The highest BCUT2D eigenvalue weighted by atomic mass is 35.5. The summed E-state index contributed by atoms with van der Waals surface area (Å²) in [6, 6.07) is 0.0118. The molecule has 0 spiro atoms. The number of carbonyl (C=O) groups excluding carboxylic acids is 2. The summed E-state index contributed by atoms with van der Waals surface area (Å²) in [6.45, 7) is 4.11. The van der Waals surface area contributed by atoms with Crippen LogP contribution in [0.15, 0.2) is 0 Å². The SMILES string of the molecule is Cl.NC(=O)CN1CCN(C(=O)C2CCCN2)CC1. The van der Waals surface area contributed by atoms with E-state index in [-0.39, 0.29) is 30.3 Å². The summed E-state index contributed by atoms with van der Waals surface area (Å²) in [5, 5.41) is 3.22. The first-order valence-corrected chi connectivity index (χ1v) is 6.19. The van der Waals surface area contributed by atoms with Crippen LogP contribution in [-0.2, 0) is 9.59 Å². The fourth-order valence-corrected chi connectivity index (χ4v) is 2.46. The third-order valence-corrected chi connectivity index (χ3v) is 3.42. The van der Waals surface area contributed by atoms with E-state index in [9.17, 15) is 9.59 Å². The predicted octanol–water partition coefficient (Wildman–Crippen LogP) is -1.21. The van der Waals surface area contributed by atoms with E-state index in [2.05, 4.69) is 5.32 Å². The summed E-state index contributed by atoms with van der Waals surface area (Å²) in [7, 11) is 0. The Morgan fingerprint density at radius 2 is 1.89 bits per heavy atom. The van der Waals surface area contributed by atoms with E-state index in [1.165, 1.54) is 0 Å². The molecule has 6 nitrogen and oxygen atoms in total. The molecule has 7 heteroatoms. The number of rotatable bonds is 3. The molecule has 1 atom stereocenters. The Balaban J connectivity index is 0.00000162. The lowest BCUT2D eigenvalue weighted by Crippen LogP contribution is -2.54. The van der Waals surface area contributed by atoms with Crippen molar-refractivity contribution in [1.29, 1.82) is 0 Å². The molecule has 0 aromatic heterocycles. The molecule has 2 heterocycles. The van der Waals surface area contributed by atoms with E-state index in [1.807, 2.05) is 9.80 Å². The number of primary amides is 1. The minimum Gasteiger partial charge on any atom is -0.369 e. The Morgan fingerprint density at radius 1 is 1.22 bits per heavy atom. The van der Waals surface area contributed by atoms with Crippen LogP contribution >= 0.6 is 12.4 Å². The molecule has 0 aliphatic carbocycles. The maximum atomic E-state index is 12.1. The zero-order valence-electron chi connectivity index (χ0n) is 10.4. The van der Waals surface area contributed by atoms with Crippen molar-refractivity contribution < 1.29 is 9.59 Å². The van der Waals surface area contributed by atoms with Crippen molar-refractivity contribution in [3.8, 4) is 0 Å². The average Bonchev–Trinajstić information content (AvgIpc) is 2.82. The van der Waals surface area contributed by atoms with Gasteiger partial charge in [0.25, 0.3) is 0 Å². The summed E-state index contributed by atoms with van der Waals surface area (Å²) in [4.78, 5) is 26.7. The lowest BCUT2D eigenvalue weighted by atomic mass is 10.2. The number of hydrogen-bond acceptors (Lipinski definition) is 4. The number of halogens is 1. The zero-order chi connectivity index (χ0) is 12.3. The Kier molecular flexibility index (Phi) is 5.84. The molecule has 104 valence electrons. The molecule has 0 saturated carbocycles. The minimum absolute atomic E-state index is 0. The molecule has 3 N–H and O–H groups in total. The number of carbonyl (C=O) groups is 2. The fourth-order valence-electron chi connectivity index (χ4n) is 2.46. The van der Waals surface area contributed by atoms with Crippen molar-refractivity contribution in [3.63, 3.8) is 0 Å². The van der Waals surface area contributed by atoms with Crippen LogP contribution in [0.4, 0.5) is 0 Å². The molecule has 0 aromatic carbocycles. The molecule has 2 fully saturated rings. The molecular weight excluding hydrogens is 256 g/mol. The van der Waals surface area contributed by atoms with E-state index in [4.69, 9.17) is 5.73 Å². The minimum atomic E-state index is -0.303. The second-order valence-electron chi connectivity index (χ2n) is 4.72. The zero-order valence-corrected chi connectivity index (χ0v) is 11.2. The largest absolute Gasteiger partial charge is 0.369 e. The molecule has 2 saturated heterocycles. The Labute approximate surface area is 113 Å². The molecule has 0 aromatic rings. The van der Waals surface area contributed by atoms with Crippen LogP contribution in [-0.4, -0.2) is 66.9 Å². The smallest absolute Gasteiger partial charge is 0.239 e. The van der Waals surface area contributed by atoms with Gasteiger partial charge in [0.05, 0.1) is 12.6 Å². The second kappa shape index (κ2) is 6.92. The normalized spacial score (nSPS) is 24.7. The van der Waals surface area contributed by atoms with Crippen LogP contribution in [0.2, 0.25) is 0 Å². The summed E-state index contributed by atoms with van der Waals surface area (Å²) >= 11 is 0. The molecule has 0 radical (unpaired) electrons. The van der Waals surface area contributed by atoms with Gasteiger partial charge in [-0.15, -0.1) is 12.4 Å². The van der Waals surface area contributed by atoms with Gasteiger partial charge in [-0.2, -0.15) is 0 Å². The van der Waals surface area contributed by atoms with Crippen LogP contribution in [0, 0.1) is 0 Å². The van der Waals surface area contributed by atoms with E-state index >= 15 is 0 Å². The Morgan fingerprint density at radius 3 is 2.39 bits per heavy atom. The van der Waals surface area contributed by atoms with Gasteiger partial charge in [-0.25, -0.2) is 0 Å². The van der Waals surface area contributed by atoms with E-state index in [0.29, 0.717) is 19.6 Å². The van der Waals surface area contributed by atoms with E-state index in [0.717, 1.165) is 32.5 Å². The van der Waals surface area contributed by atoms with E-state index < -0.39 is 0 Å². The maximum absolute atomic E-state index is 12.1.